The molecule has 1 N–H and O–H groups in total. The van der Waals surface area contributed by atoms with Gasteiger partial charge >= 0.3 is 0 Å². The van der Waals surface area contributed by atoms with Gasteiger partial charge in [0.05, 0.1) is 6.54 Å². The average Bonchev–Trinajstić information content (AvgIpc) is 2.48. The lowest BCUT2D eigenvalue weighted by Gasteiger charge is -2.35. The van der Waals surface area contributed by atoms with Crippen LogP contribution in [0.3, 0.4) is 0 Å². The summed E-state index contributed by atoms with van der Waals surface area (Å²) in [6.07, 6.45) is 1.54. The lowest BCUT2D eigenvalue weighted by Crippen LogP contribution is -2.58. The van der Waals surface area contributed by atoms with E-state index in [9.17, 15) is 9.59 Å². The van der Waals surface area contributed by atoms with Gasteiger partial charge in [0.15, 0.2) is 0 Å². The van der Waals surface area contributed by atoms with Crippen molar-refractivity contribution >= 4 is 11.8 Å². The highest BCUT2D eigenvalue weighted by Gasteiger charge is 2.32. The number of carbonyl (C=O) groups excluding carboxylic acids is 2. The maximum atomic E-state index is 12.0. The van der Waals surface area contributed by atoms with Crippen LogP contribution in [0.1, 0.15) is 38.2 Å². The first kappa shape index (κ1) is 14.6. The predicted octanol–water partition coefficient (Wildman–Crippen LogP) is 1.92. The van der Waals surface area contributed by atoms with Gasteiger partial charge in [-0.2, -0.15) is 0 Å². The SMILES string of the molecule is CCC1C(=O)NCC(=O)N1CCC(C)c1ccccc1. The molecule has 1 aromatic carbocycles. The number of amides is 2. The van der Waals surface area contributed by atoms with Crippen LogP contribution in [0.4, 0.5) is 0 Å². The summed E-state index contributed by atoms with van der Waals surface area (Å²) in [4.78, 5) is 25.5. The van der Waals surface area contributed by atoms with Crippen molar-refractivity contribution in [3.05, 3.63) is 35.9 Å². The first-order valence-electron chi connectivity index (χ1n) is 7.25. The van der Waals surface area contributed by atoms with Crippen molar-refractivity contribution in [1.82, 2.24) is 10.2 Å². The van der Waals surface area contributed by atoms with Crippen LogP contribution in [0.2, 0.25) is 0 Å². The Bertz CT molecular complexity index is 473. The van der Waals surface area contributed by atoms with E-state index in [1.54, 1.807) is 4.90 Å². The lowest BCUT2D eigenvalue weighted by atomic mass is 9.97. The summed E-state index contributed by atoms with van der Waals surface area (Å²) >= 11 is 0. The van der Waals surface area contributed by atoms with Crippen LogP contribution < -0.4 is 5.32 Å². The van der Waals surface area contributed by atoms with Gasteiger partial charge in [-0.05, 0) is 24.3 Å². The molecule has 0 saturated carbocycles. The summed E-state index contributed by atoms with van der Waals surface area (Å²) in [5.41, 5.74) is 1.27. The third-order valence-corrected chi connectivity index (χ3v) is 3.97. The summed E-state index contributed by atoms with van der Waals surface area (Å²) in [6.45, 7) is 4.87. The first-order chi connectivity index (χ1) is 9.63. The summed E-state index contributed by atoms with van der Waals surface area (Å²) in [5.74, 6) is 0.377. The molecule has 0 radical (unpaired) electrons. The summed E-state index contributed by atoms with van der Waals surface area (Å²) in [5, 5.41) is 2.65. The van der Waals surface area contributed by atoms with Crippen molar-refractivity contribution in [3.63, 3.8) is 0 Å². The van der Waals surface area contributed by atoms with E-state index >= 15 is 0 Å². The van der Waals surface area contributed by atoms with Gasteiger partial charge in [0, 0.05) is 6.54 Å². The van der Waals surface area contributed by atoms with Crippen LogP contribution in [-0.2, 0) is 9.59 Å². The van der Waals surface area contributed by atoms with Crippen LogP contribution in [-0.4, -0.2) is 35.8 Å². The van der Waals surface area contributed by atoms with E-state index in [2.05, 4.69) is 24.4 Å². The number of nitrogens with zero attached hydrogens (tertiary/aromatic N) is 1. The van der Waals surface area contributed by atoms with Gasteiger partial charge in [0.2, 0.25) is 11.8 Å². The normalized spacial score (nSPS) is 20.7. The largest absolute Gasteiger partial charge is 0.345 e. The zero-order valence-corrected chi connectivity index (χ0v) is 12.1. The number of piperazine rings is 1. The van der Waals surface area contributed by atoms with E-state index in [0.717, 1.165) is 6.42 Å². The molecule has 2 atom stereocenters. The Balaban J connectivity index is 1.97. The van der Waals surface area contributed by atoms with Crippen molar-refractivity contribution in [3.8, 4) is 0 Å². The lowest BCUT2D eigenvalue weighted by molar-refractivity contribution is -0.145. The summed E-state index contributed by atoms with van der Waals surface area (Å²) in [7, 11) is 0. The molecule has 2 amide bonds. The van der Waals surface area contributed by atoms with E-state index in [1.165, 1.54) is 5.56 Å². The topological polar surface area (TPSA) is 49.4 Å². The highest BCUT2D eigenvalue weighted by molar-refractivity contribution is 5.94. The maximum Gasteiger partial charge on any atom is 0.243 e. The molecule has 0 spiro atoms. The minimum absolute atomic E-state index is 0.0247. The average molecular weight is 274 g/mol. The van der Waals surface area contributed by atoms with E-state index in [-0.39, 0.29) is 24.4 Å². The zero-order valence-electron chi connectivity index (χ0n) is 12.1. The quantitative estimate of drug-likeness (QED) is 0.891. The van der Waals surface area contributed by atoms with Gasteiger partial charge in [-0.3, -0.25) is 9.59 Å². The molecule has 1 saturated heterocycles. The Kier molecular flexibility index (Phi) is 4.77. The first-order valence-corrected chi connectivity index (χ1v) is 7.25. The third-order valence-electron chi connectivity index (χ3n) is 3.97. The van der Waals surface area contributed by atoms with Crippen LogP contribution in [0.25, 0.3) is 0 Å². The van der Waals surface area contributed by atoms with Crippen LogP contribution in [0, 0.1) is 0 Å². The molecule has 1 aliphatic heterocycles. The standard InChI is InChI=1S/C16H22N2O2/c1-3-14-16(20)17-11-15(19)18(14)10-9-12(2)13-7-5-4-6-8-13/h4-8,12,14H,3,9-11H2,1-2H3,(H,17,20). The molecular weight excluding hydrogens is 252 g/mol. The number of nitrogens with one attached hydrogen (secondary N) is 1. The van der Waals surface area contributed by atoms with Crippen molar-refractivity contribution in [2.45, 2.75) is 38.6 Å². The number of hydrogen-bond acceptors (Lipinski definition) is 2. The van der Waals surface area contributed by atoms with Crippen LogP contribution in [0.15, 0.2) is 30.3 Å². The molecule has 1 heterocycles. The Hall–Kier alpha value is -1.84. The zero-order chi connectivity index (χ0) is 14.5. The smallest absolute Gasteiger partial charge is 0.243 e. The molecule has 2 unspecified atom stereocenters. The van der Waals surface area contributed by atoms with Gasteiger partial charge in [-0.1, -0.05) is 44.2 Å². The van der Waals surface area contributed by atoms with Crippen molar-refractivity contribution in [1.29, 1.82) is 0 Å². The molecule has 4 heteroatoms. The van der Waals surface area contributed by atoms with Gasteiger partial charge in [0.1, 0.15) is 6.04 Å². The maximum absolute atomic E-state index is 12.0. The molecule has 4 nitrogen and oxygen atoms in total. The van der Waals surface area contributed by atoms with Crippen molar-refractivity contribution in [2.75, 3.05) is 13.1 Å². The second-order valence-corrected chi connectivity index (χ2v) is 5.33. The second kappa shape index (κ2) is 6.55. The molecule has 1 aromatic rings. The molecule has 1 fully saturated rings. The molecule has 0 aliphatic carbocycles. The van der Waals surface area contributed by atoms with Gasteiger partial charge in [-0.15, -0.1) is 0 Å². The number of benzene rings is 1. The highest BCUT2D eigenvalue weighted by Crippen LogP contribution is 2.20. The van der Waals surface area contributed by atoms with Crippen molar-refractivity contribution in [2.24, 2.45) is 0 Å². The van der Waals surface area contributed by atoms with Crippen molar-refractivity contribution < 1.29 is 9.59 Å². The summed E-state index contributed by atoms with van der Waals surface area (Å²) in [6, 6.07) is 9.96. The third kappa shape index (κ3) is 3.18. The highest BCUT2D eigenvalue weighted by atomic mass is 16.2. The van der Waals surface area contributed by atoms with E-state index in [4.69, 9.17) is 0 Å². The Morgan fingerprint density at radius 3 is 2.65 bits per heavy atom. The van der Waals surface area contributed by atoms with Gasteiger partial charge in [0.25, 0.3) is 0 Å². The molecule has 2 rings (SSSR count). The molecule has 1 aliphatic rings. The minimum Gasteiger partial charge on any atom is -0.345 e. The predicted molar refractivity (Wildman–Crippen MR) is 78.3 cm³/mol. The molecule has 0 bridgehead atoms. The molecule has 108 valence electrons. The number of rotatable bonds is 5. The van der Waals surface area contributed by atoms with E-state index in [1.807, 2.05) is 25.1 Å². The fourth-order valence-electron chi connectivity index (χ4n) is 2.66. The molecule has 0 aromatic heterocycles. The van der Waals surface area contributed by atoms with Crippen LogP contribution >= 0.6 is 0 Å². The van der Waals surface area contributed by atoms with Gasteiger partial charge < -0.3 is 10.2 Å². The molecule has 20 heavy (non-hydrogen) atoms. The Morgan fingerprint density at radius 2 is 2.00 bits per heavy atom. The fourth-order valence-corrected chi connectivity index (χ4v) is 2.66. The number of carbonyl (C=O) groups is 2. The second-order valence-electron chi connectivity index (χ2n) is 5.33. The van der Waals surface area contributed by atoms with E-state index in [0.29, 0.717) is 18.9 Å². The van der Waals surface area contributed by atoms with Gasteiger partial charge in [-0.25, -0.2) is 0 Å². The van der Waals surface area contributed by atoms with E-state index < -0.39 is 0 Å². The minimum atomic E-state index is -0.306. The summed E-state index contributed by atoms with van der Waals surface area (Å²) < 4.78 is 0. The molecular formula is C16H22N2O2. The van der Waals surface area contributed by atoms with Crippen LogP contribution in [0.5, 0.6) is 0 Å². The number of hydrogen-bond donors (Lipinski definition) is 1. The Labute approximate surface area is 120 Å². The fraction of sp³-hybridized carbons (Fsp3) is 0.500. The Morgan fingerprint density at radius 1 is 1.30 bits per heavy atom. The monoisotopic (exact) mass is 274 g/mol.